The number of ketones is 2. The Bertz CT molecular complexity index is 292. The topological polar surface area (TPSA) is 43.4 Å². The van der Waals surface area contributed by atoms with Crippen LogP contribution < -0.4 is 0 Å². The van der Waals surface area contributed by atoms with E-state index < -0.39 is 0 Å². The fourth-order valence-electron chi connectivity index (χ4n) is 2.00. The van der Waals surface area contributed by atoms with Gasteiger partial charge < -0.3 is 9.53 Å². The molecule has 1 atom stereocenters. The summed E-state index contributed by atoms with van der Waals surface area (Å²) in [6, 6.07) is 0. The normalized spacial score (nSPS) is 20.8. The molecular weight excluding hydrogens is 204 g/mol. The fraction of sp³-hybridized carbons (Fsp3) is 0.692. The summed E-state index contributed by atoms with van der Waals surface area (Å²) in [6.07, 6.45) is 6.64. The van der Waals surface area contributed by atoms with Crippen molar-refractivity contribution in [3.63, 3.8) is 0 Å². The van der Waals surface area contributed by atoms with Crippen LogP contribution in [0.25, 0.3) is 0 Å². The van der Waals surface area contributed by atoms with E-state index in [2.05, 4.69) is 0 Å². The molecule has 1 rings (SSSR count). The number of hydrogen-bond acceptors (Lipinski definition) is 3. The van der Waals surface area contributed by atoms with E-state index in [1.54, 1.807) is 20.1 Å². The third-order valence-electron chi connectivity index (χ3n) is 2.89. The van der Waals surface area contributed by atoms with Gasteiger partial charge in [0, 0.05) is 20.0 Å². The summed E-state index contributed by atoms with van der Waals surface area (Å²) in [4.78, 5) is 22.1. The first kappa shape index (κ1) is 13.1. The first-order valence-corrected chi connectivity index (χ1v) is 5.86. The van der Waals surface area contributed by atoms with Gasteiger partial charge in [0.05, 0.1) is 6.10 Å². The molecule has 0 saturated heterocycles. The fourth-order valence-corrected chi connectivity index (χ4v) is 2.00. The average Bonchev–Trinajstić information content (AvgIpc) is 2.23. The van der Waals surface area contributed by atoms with Crippen LogP contribution in [0.5, 0.6) is 0 Å². The van der Waals surface area contributed by atoms with Crippen molar-refractivity contribution in [2.24, 2.45) is 0 Å². The lowest BCUT2D eigenvalue weighted by Gasteiger charge is -2.20. The second kappa shape index (κ2) is 6.59. The van der Waals surface area contributed by atoms with Crippen LogP contribution in [-0.2, 0) is 14.3 Å². The van der Waals surface area contributed by atoms with E-state index in [4.69, 9.17) is 4.74 Å². The van der Waals surface area contributed by atoms with Gasteiger partial charge in [0.2, 0.25) is 0 Å². The highest BCUT2D eigenvalue weighted by molar-refractivity contribution is 5.91. The molecule has 90 valence electrons. The third kappa shape index (κ3) is 4.71. The molecule has 0 fully saturated rings. The highest BCUT2D eigenvalue weighted by Crippen LogP contribution is 2.22. The van der Waals surface area contributed by atoms with Crippen LogP contribution >= 0.6 is 0 Å². The Kier molecular flexibility index (Phi) is 5.39. The van der Waals surface area contributed by atoms with Crippen molar-refractivity contribution in [2.45, 2.75) is 51.6 Å². The van der Waals surface area contributed by atoms with Crippen LogP contribution in [-0.4, -0.2) is 24.8 Å². The van der Waals surface area contributed by atoms with Gasteiger partial charge >= 0.3 is 0 Å². The molecule has 0 aromatic rings. The standard InChI is InChI=1S/C13H20O3/c1-10(14)5-3-4-6-11-7-12(15)9-13(8-11)16-2/h7,13H,3-6,8-9H2,1-2H3. The molecule has 0 radical (unpaired) electrons. The molecule has 0 aromatic heterocycles. The minimum absolute atomic E-state index is 0.0558. The van der Waals surface area contributed by atoms with Crippen molar-refractivity contribution < 1.29 is 14.3 Å². The van der Waals surface area contributed by atoms with Gasteiger partial charge in [0.1, 0.15) is 5.78 Å². The summed E-state index contributed by atoms with van der Waals surface area (Å²) in [5, 5.41) is 0. The Labute approximate surface area is 96.9 Å². The van der Waals surface area contributed by atoms with Gasteiger partial charge in [-0.15, -0.1) is 0 Å². The molecule has 0 saturated carbocycles. The number of rotatable bonds is 6. The van der Waals surface area contributed by atoms with Crippen molar-refractivity contribution in [3.05, 3.63) is 11.6 Å². The molecule has 1 aliphatic rings. The van der Waals surface area contributed by atoms with Crippen LogP contribution in [0, 0.1) is 0 Å². The van der Waals surface area contributed by atoms with Gasteiger partial charge in [0.25, 0.3) is 0 Å². The van der Waals surface area contributed by atoms with Crippen molar-refractivity contribution in [1.82, 2.24) is 0 Å². The molecule has 3 nitrogen and oxygen atoms in total. The molecule has 0 bridgehead atoms. The number of unbranched alkanes of at least 4 members (excludes halogenated alkanes) is 1. The summed E-state index contributed by atoms with van der Waals surface area (Å²) in [6.45, 7) is 1.62. The second-order valence-electron chi connectivity index (χ2n) is 4.44. The van der Waals surface area contributed by atoms with E-state index in [1.165, 1.54) is 5.57 Å². The zero-order chi connectivity index (χ0) is 12.0. The Balaban J connectivity index is 2.30. The quantitative estimate of drug-likeness (QED) is 0.651. The molecule has 0 spiro atoms. The lowest BCUT2D eigenvalue weighted by molar-refractivity contribution is -0.118. The lowest BCUT2D eigenvalue weighted by atomic mass is 9.92. The first-order valence-electron chi connectivity index (χ1n) is 5.86. The molecule has 1 aliphatic carbocycles. The molecule has 0 N–H and O–H groups in total. The summed E-state index contributed by atoms with van der Waals surface area (Å²) in [7, 11) is 1.65. The maximum atomic E-state index is 11.4. The van der Waals surface area contributed by atoms with E-state index in [0.29, 0.717) is 12.8 Å². The minimum atomic E-state index is 0.0558. The zero-order valence-corrected chi connectivity index (χ0v) is 10.1. The van der Waals surface area contributed by atoms with Crippen molar-refractivity contribution in [3.8, 4) is 0 Å². The highest BCUT2D eigenvalue weighted by atomic mass is 16.5. The minimum Gasteiger partial charge on any atom is -0.381 e. The van der Waals surface area contributed by atoms with Crippen LogP contribution in [0.1, 0.15) is 45.4 Å². The Hall–Kier alpha value is -0.960. The van der Waals surface area contributed by atoms with Gasteiger partial charge in [-0.3, -0.25) is 4.79 Å². The predicted octanol–water partition coefficient (Wildman–Crippen LogP) is 2.44. The summed E-state index contributed by atoms with van der Waals surface area (Å²) in [5.74, 6) is 0.406. The molecule has 1 unspecified atom stereocenters. The monoisotopic (exact) mass is 224 g/mol. The number of Topliss-reactive ketones (excluding diaryl/α,β-unsaturated/α-hetero) is 1. The number of carbonyl (C=O) groups excluding carboxylic acids is 2. The molecule has 0 aliphatic heterocycles. The van der Waals surface area contributed by atoms with Gasteiger partial charge in [-0.05, 0) is 38.7 Å². The van der Waals surface area contributed by atoms with Gasteiger partial charge in [-0.2, -0.15) is 0 Å². The highest BCUT2D eigenvalue weighted by Gasteiger charge is 2.19. The molecular formula is C13H20O3. The smallest absolute Gasteiger partial charge is 0.158 e. The Morgan fingerprint density at radius 1 is 1.44 bits per heavy atom. The number of allylic oxidation sites excluding steroid dienone is 1. The van der Waals surface area contributed by atoms with Crippen molar-refractivity contribution >= 4 is 11.6 Å². The van der Waals surface area contributed by atoms with Gasteiger partial charge in [0.15, 0.2) is 5.78 Å². The molecule has 0 heterocycles. The van der Waals surface area contributed by atoms with Crippen molar-refractivity contribution in [1.29, 1.82) is 0 Å². The Morgan fingerprint density at radius 2 is 2.19 bits per heavy atom. The van der Waals surface area contributed by atoms with Crippen LogP contribution in [0.2, 0.25) is 0 Å². The summed E-state index contributed by atoms with van der Waals surface area (Å²) in [5.41, 5.74) is 1.17. The molecule has 0 amide bonds. The van der Waals surface area contributed by atoms with Crippen LogP contribution in [0.4, 0.5) is 0 Å². The largest absolute Gasteiger partial charge is 0.381 e. The van der Waals surface area contributed by atoms with E-state index in [1.807, 2.05) is 0 Å². The molecule has 16 heavy (non-hydrogen) atoms. The van der Waals surface area contributed by atoms with Crippen LogP contribution in [0.15, 0.2) is 11.6 Å². The second-order valence-corrected chi connectivity index (χ2v) is 4.44. The average molecular weight is 224 g/mol. The van der Waals surface area contributed by atoms with E-state index >= 15 is 0 Å². The van der Waals surface area contributed by atoms with Gasteiger partial charge in [-0.25, -0.2) is 0 Å². The van der Waals surface area contributed by atoms with Crippen LogP contribution in [0.3, 0.4) is 0 Å². The first-order chi connectivity index (χ1) is 7.61. The molecule has 0 aromatic carbocycles. The Morgan fingerprint density at radius 3 is 2.81 bits per heavy atom. The maximum Gasteiger partial charge on any atom is 0.158 e. The summed E-state index contributed by atoms with van der Waals surface area (Å²) >= 11 is 0. The number of methoxy groups -OCH3 is 1. The van der Waals surface area contributed by atoms with E-state index in [-0.39, 0.29) is 17.7 Å². The van der Waals surface area contributed by atoms with E-state index in [9.17, 15) is 9.59 Å². The van der Waals surface area contributed by atoms with Crippen molar-refractivity contribution in [2.75, 3.05) is 7.11 Å². The lowest BCUT2D eigenvalue weighted by Crippen LogP contribution is -2.20. The molecule has 3 heteroatoms. The SMILES string of the molecule is COC1CC(=O)C=C(CCCCC(C)=O)C1. The number of ether oxygens (including phenoxy) is 1. The third-order valence-corrected chi connectivity index (χ3v) is 2.89. The maximum absolute atomic E-state index is 11.4. The predicted molar refractivity (Wildman–Crippen MR) is 62.3 cm³/mol. The zero-order valence-electron chi connectivity index (χ0n) is 10.1. The number of hydrogen-bond donors (Lipinski definition) is 0. The number of carbonyl (C=O) groups is 2. The van der Waals surface area contributed by atoms with Gasteiger partial charge in [-0.1, -0.05) is 5.57 Å². The van der Waals surface area contributed by atoms with E-state index in [0.717, 1.165) is 25.7 Å². The summed E-state index contributed by atoms with van der Waals surface area (Å²) < 4.78 is 5.22.